The largest absolute Gasteiger partial charge is 0.455 e. The van der Waals surface area contributed by atoms with Gasteiger partial charge in [0.05, 0.1) is 11.8 Å². The van der Waals surface area contributed by atoms with Crippen LogP contribution in [0.5, 0.6) is 0 Å². The number of amides is 2. The molecule has 2 fully saturated rings. The number of carbonyl (C=O) groups excluding carboxylic acids is 4. The third kappa shape index (κ3) is 5.82. The summed E-state index contributed by atoms with van der Waals surface area (Å²) in [6.07, 6.45) is 1.63. The quantitative estimate of drug-likeness (QED) is 0.437. The first kappa shape index (κ1) is 18.2. The molecular weight excluding hydrogens is 316 g/mol. The first-order chi connectivity index (χ1) is 11.4. The molecule has 2 aliphatic rings. The summed E-state index contributed by atoms with van der Waals surface area (Å²) in [5.74, 6) is -0.964. The van der Waals surface area contributed by atoms with Gasteiger partial charge in [-0.05, 0) is 24.7 Å². The molecule has 134 valence electrons. The average Bonchev–Trinajstić information content (AvgIpc) is 3.45. The first-order valence-electron chi connectivity index (χ1n) is 8.25. The van der Waals surface area contributed by atoms with Gasteiger partial charge >= 0.3 is 11.9 Å². The minimum Gasteiger partial charge on any atom is -0.455 e. The summed E-state index contributed by atoms with van der Waals surface area (Å²) >= 11 is 0. The molecule has 0 saturated heterocycles. The third-order valence-corrected chi connectivity index (χ3v) is 4.28. The van der Waals surface area contributed by atoms with Gasteiger partial charge in [0.1, 0.15) is 0 Å². The molecule has 0 aromatic heterocycles. The highest BCUT2D eigenvalue weighted by atomic mass is 16.5. The lowest BCUT2D eigenvalue weighted by molar-refractivity contribution is -0.150. The maximum absolute atomic E-state index is 11.5. The van der Waals surface area contributed by atoms with E-state index in [0.717, 1.165) is 12.8 Å². The Morgan fingerprint density at radius 2 is 1.12 bits per heavy atom. The highest BCUT2D eigenvalue weighted by Crippen LogP contribution is 2.39. The van der Waals surface area contributed by atoms with Crippen LogP contribution in [0, 0.1) is 23.7 Å². The van der Waals surface area contributed by atoms with Crippen LogP contribution in [-0.4, -0.2) is 50.1 Å². The van der Waals surface area contributed by atoms with Crippen molar-refractivity contribution in [3.8, 4) is 0 Å². The Kier molecular flexibility index (Phi) is 6.16. The molecule has 0 bridgehead atoms. The Morgan fingerprint density at radius 1 is 0.792 bits per heavy atom. The van der Waals surface area contributed by atoms with Crippen LogP contribution in [0.15, 0.2) is 0 Å². The topological polar surface area (TPSA) is 111 Å². The van der Waals surface area contributed by atoms with Crippen LogP contribution in [0.4, 0.5) is 0 Å². The summed E-state index contributed by atoms with van der Waals surface area (Å²) in [7, 11) is 0. The second kappa shape index (κ2) is 8.12. The van der Waals surface area contributed by atoms with E-state index in [4.69, 9.17) is 9.47 Å². The molecule has 0 aromatic carbocycles. The smallest absolute Gasteiger partial charge is 0.309 e. The van der Waals surface area contributed by atoms with Gasteiger partial charge in [0.25, 0.3) is 11.8 Å². The van der Waals surface area contributed by atoms with Crippen molar-refractivity contribution in [2.75, 3.05) is 26.3 Å². The van der Waals surface area contributed by atoms with Gasteiger partial charge in [0.2, 0.25) is 0 Å². The second-order valence-electron chi connectivity index (χ2n) is 6.55. The number of nitrogens with one attached hydrogen (secondary N) is 2. The van der Waals surface area contributed by atoms with E-state index in [9.17, 15) is 19.2 Å². The van der Waals surface area contributed by atoms with Crippen molar-refractivity contribution in [3.05, 3.63) is 0 Å². The van der Waals surface area contributed by atoms with Gasteiger partial charge in [0, 0.05) is 13.1 Å². The van der Waals surface area contributed by atoms with E-state index in [1.807, 2.05) is 13.8 Å². The van der Waals surface area contributed by atoms with Crippen LogP contribution in [0.3, 0.4) is 0 Å². The molecule has 2 saturated carbocycles. The summed E-state index contributed by atoms with van der Waals surface area (Å²) in [4.78, 5) is 45.8. The molecule has 0 aliphatic heterocycles. The predicted octanol–water partition coefficient (Wildman–Crippen LogP) is -0.383. The van der Waals surface area contributed by atoms with E-state index in [1.54, 1.807) is 0 Å². The monoisotopic (exact) mass is 340 g/mol. The van der Waals surface area contributed by atoms with E-state index in [0.29, 0.717) is 11.8 Å². The van der Waals surface area contributed by atoms with Gasteiger partial charge < -0.3 is 20.1 Å². The highest BCUT2D eigenvalue weighted by molar-refractivity contribution is 5.83. The van der Waals surface area contributed by atoms with Crippen LogP contribution in [-0.2, 0) is 28.7 Å². The third-order valence-electron chi connectivity index (χ3n) is 4.28. The molecule has 2 amide bonds. The van der Waals surface area contributed by atoms with E-state index in [2.05, 4.69) is 10.6 Å². The zero-order valence-electron chi connectivity index (χ0n) is 14.0. The molecule has 0 radical (unpaired) electrons. The molecular formula is C16H24N2O6. The molecule has 0 spiro atoms. The standard InChI is InChI=1S/C16H24N2O6/c1-9-5-11(9)15(21)23-7-13(19)17-3-4-18-14(20)8-24-16(22)12-6-10(12)2/h9-12H,3-8H2,1-2H3,(H,17,19)(H,18,20)/t9-,10-,11+,12+/m0/s1. The van der Waals surface area contributed by atoms with Gasteiger partial charge in [-0.25, -0.2) is 0 Å². The zero-order valence-corrected chi connectivity index (χ0v) is 14.0. The van der Waals surface area contributed by atoms with Crippen molar-refractivity contribution >= 4 is 23.8 Å². The molecule has 2 rings (SSSR count). The molecule has 2 N–H and O–H groups in total. The number of hydrogen-bond donors (Lipinski definition) is 2. The van der Waals surface area contributed by atoms with E-state index < -0.39 is 11.8 Å². The van der Waals surface area contributed by atoms with E-state index >= 15 is 0 Å². The number of rotatable bonds is 9. The van der Waals surface area contributed by atoms with E-state index in [1.165, 1.54) is 0 Å². The minimum atomic E-state index is -0.417. The Labute approximate surface area is 140 Å². The van der Waals surface area contributed by atoms with Crippen LogP contribution in [0.2, 0.25) is 0 Å². The number of esters is 2. The van der Waals surface area contributed by atoms with Crippen LogP contribution in [0.1, 0.15) is 26.7 Å². The normalized spacial score (nSPS) is 26.9. The fourth-order valence-corrected chi connectivity index (χ4v) is 2.29. The van der Waals surface area contributed by atoms with Gasteiger partial charge in [-0.3, -0.25) is 19.2 Å². The predicted molar refractivity (Wildman–Crippen MR) is 82.5 cm³/mol. The van der Waals surface area contributed by atoms with Crippen molar-refractivity contribution < 1.29 is 28.7 Å². The van der Waals surface area contributed by atoms with Crippen LogP contribution >= 0.6 is 0 Å². The van der Waals surface area contributed by atoms with Crippen molar-refractivity contribution in [1.29, 1.82) is 0 Å². The van der Waals surface area contributed by atoms with Gasteiger partial charge in [-0.2, -0.15) is 0 Å². The van der Waals surface area contributed by atoms with Crippen molar-refractivity contribution in [2.24, 2.45) is 23.7 Å². The SMILES string of the molecule is C[C@H]1C[C@H]1C(=O)OCC(=O)NCCNC(=O)COC(=O)[C@@H]1C[C@@H]1C. The summed E-state index contributed by atoms with van der Waals surface area (Å²) in [6, 6.07) is 0. The van der Waals surface area contributed by atoms with Crippen LogP contribution in [0.25, 0.3) is 0 Å². The number of hydrogen-bond acceptors (Lipinski definition) is 6. The molecule has 2 aliphatic carbocycles. The summed E-state index contributed by atoms with van der Waals surface area (Å²) in [6.45, 7) is 3.69. The molecule has 24 heavy (non-hydrogen) atoms. The van der Waals surface area contributed by atoms with Crippen molar-refractivity contribution in [2.45, 2.75) is 26.7 Å². The Morgan fingerprint density at radius 3 is 1.42 bits per heavy atom. The number of carbonyl (C=O) groups is 4. The van der Waals surface area contributed by atoms with Gasteiger partial charge in [-0.1, -0.05) is 13.8 Å². The van der Waals surface area contributed by atoms with Gasteiger partial charge in [0.15, 0.2) is 13.2 Å². The highest BCUT2D eigenvalue weighted by Gasteiger charge is 2.41. The molecule has 0 aromatic rings. The van der Waals surface area contributed by atoms with E-state index in [-0.39, 0.29) is 50.1 Å². The summed E-state index contributed by atoms with van der Waals surface area (Å²) < 4.78 is 9.76. The molecule has 8 heteroatoms. The molecule has 0 unspecified atom stereocenters. The van der Waals surface area contributed by atoms with Crippen LogP contribution < -0.4 is 10.6 Å². The lowest BCUT2D eigenvalue weighted by Gasteiger charge is -2.08. The Balaban J connectivity index is 1.45. The zero-order chi connectivity index (χ0) is 17.7. The summed E-state index contributed by atoms with van der Waals surface area (Å²) in [5.41, 5.74) is 0. The lowest BCUT2D eigenvalue weighted by Crippen LogP contribution is -2.38. The average molecular weight is 340 g/mol. The lowest BCUT2D eigenvalue weighted by atomic mass is 10.3. The fraction of sp³-hybridized carbons (Fsp3) is 0.750. The fourth-order valence-electron chi connectivity index (χ4n) is 2.29. The first-order valence-corrected chi connectivity index (χ1v) is 8.25. The number of ether oxygens (including phenoxy) is 2. The Hall–Kier alpha value is -2.12. The van der Waals surface area contributed by atoms with Crippen molar-refractivity contribution in [3.63, 3.8) is 0 Å². The molecule has 4 atom stereocenters. The molecule has 8 nitrogen and oxygen atoms in total. The summed E-state index contributed by atoms with van der Waals surface area (Å²) in [5, 5.41) is 5.05. The maximum Gasteiger partial charge on any atom is 0.309 e. The second-order valence-corrected chi connectivity index (χ2v) is 6.55. The molecule has 0 heterocycles. The maximum atomic E-state index is 11.5. The van der Waals surface area contributed by atoms with Crippen molar-refractivity contribution in [1.82, 2.24) is 10.6 Å². The van der Waals surface area contributed by atoms with Gasteiger partial charge in [-0.15, -0.1) is 0 Å². The Bertz CT molecular complexity index is 475. The minimum absolute atomic E-state index is 0.0709.